The number of carbonyl (C=O) groups excluding carboxylic acids is 2. The fourth-order valence-corrected chi connectivity index (χ4v) is 2.55. The van der Waals surface area contributed by atoms with E-state index in [2.05, 4.69) is 0 Å². The Hall–Kier alpha value is -3.40. The Bertz CT molecular complexity index is 921. The van der Waals surface area contributed by atoms with Gasteiger partial charge in [-0.15, -0.1) is 0 Å². The molecular formula is C24H26FNO5. The summed E-state index contributed by atoms with van der Waals surface area (Å²) >= 11 is 0. The van der Waals surface area contributed by atoms with Crippen LogP contribution in [0.15, 0.2) is 42.5 Å². The van der Waals surface area contributed by atoms with Gasteiger partial charge in [0.2, 0.25) is 0 Å². The quantitative estimate of drug-likeness (QED) is 0.283. The van der Waals surface area contributed by atoms with Crippen LogP contribution in [0.4, 0.5) is 4.39 Å². The minimum Gasteiger partial charge on any atom is -0.494 e. The average Bonchev–Trinajstić information content (AvgIpc) is 2.79. The number of nitrogens with zero attached hydrogens (tertiary/aromatic N) is 1. The first-order chi connectivity index (χ1) is 14.9. The van der Waals surface area contributed by atoms with Gasteiger partial charge in [-0.05, 0) is 68.1 Å². The largest absolute Gasteiger partial charge is 0.494 e. The third-order valence-corrected chi connectivity index (χ3v) is 4.67. The first-order valence-electron chi connectivity index (χ1n) is 10.3. The van der Waals surface area contributed by atoms with Crippen LogP contribution in [-0.4, -0.2) is 25.2 Å². The van der Waals surface area contributed by atoms with Gasteiger partial charge < -0.3 is 14.2 Å². The van der Waals surface area contributed by atoms with Gasteiger partial charge >= 0.3 is 11.9 Å². The summed E-state index contributed by atoms with van der Waals surface area (Å²) in [6, 6.07) is 11.8. The van der Waals surface area contributed by atoms with E-state index in [0.717, 1.165) is 31.7 Å². The van der Waals surface area contributed by atoms with Crippen LogP contribution in [0.2, 0.25) is 0 Å². The second kappa shape index (κ2) is 12.3. The molecule has 0 aliphatic carbocycles. The summed E-state index contributed by atoms with van der Waals surface area (Å²) in [5.74, 6) is -1.33. The molecule has 1 atom stereocenters. The number of ether oxygens (including phenoxy) is 3. The SMILES string of the molecule is CCC(C)C(=O)OCCCCCOc1ccc(C(=O)Oc2ccc(C#N)cc2F)cc1. The molecule has 2 rings (SSSR count). The van der Waals surface area contributed by atoms with E-state index in [1.165, 1.54) is 24.3 Å². The highest BCUT2D eigenvalue weighted by atomic mass is 19.1. The maximum absolute atomic E-state index is 13.8. The van der Waals surface area contributed by atoms with E-state index in [4.69, 9.17) is 19.5 Å². The molecular weight excluding hydrogens is 401 g/mol. The van der Waals surface area contributed by atoms with Crippen molar-refractivity contribution in [2.45, 2.75) is 39.5 Å². The highest BCUT2D eigenvalue weighted by Gasteiger charge is 2.13. The van der Waals surface area contributed by atoms with Crippen LogP contribution in [0.5, 0.6) is 11.5 Å². The molecule has 31 heavy (non-hydrogen) atoms. The Balaban J connectivity index is 1.70. The molecule has 0 amide bonds. The number of hydrogen-bond donors (Lipinski definition) is 0. The lowest BCUT2D eigenvalue weighted by atomic mass is 10.1. The van der Waals surface area contributed by atoms with Crippen molar-refractivity contribution in [2.75, 3.05) is 13.2 Å². The number of benzene rings is 2. The molecule has 0 heterocycles. The number of esters is 2. The Morgan fingerprint density at radius 2 is 1.77 bits per heavy atom. The highest BCUT2D eigenvalue weighted by molar-refractivity contribution is 5.91. The average molecular weight is 427 g/mol. The Morgan fingerprint density at radius 3 is 2.42 bits per heavy atom. The van der Waals surface area contributed by atoms with Crippen molar-refractivity contribution in [1.29, 1.82) is 5.26 Å². The summed E-state index contributed by atoms with van der Waals surface area (Å²) in [4.78, 5) is 23.7. The smallest absolute Gasteiger partial charge is 0.343 e. The second-order valence-corrected chi connectivity index (χ2v) is 7.06. The summed E-state index contributed by atoms with van der Waals surface area (Å²) in [6.45, 7) is 4.72. The number of rotatable bonds is 11. The number of hydrogen-bond acceptors (Lipinski definition) is 6. The molecule has 0 bridgehead atoms. The monoisotopic (exact) mass is 427 g/mol. The summed E-state index contributed by atoms with van der Waals surface area (Å²) in [5.41, 5.74) is 0.394. The van der Waals surface area contributed by atoms with Gasteiger partial charge in [-0.2, -0.15) is 5.26 Å². The third-order valence-electron chi connectivity index (χ3n) is 4.67. The molecule has 1 unspecified atom stereocenters. The molecule has 0 radical (unpaired) electrons. The van der Waals surface area contributed by atoms with Crippen molar-refractivity contribution < 1.29 is 28.2 Å². The predicted octanol–water partition coefficient (Wildman–Crippen LogP) is 5.05. The van der Waals surface area contributed by atoms with Crippen molar-refractivity contribution in [3.05, 3.63) is 59.4 Å². The number of unbranched alkanes of at least 4 members (excludes halogenated alkanes) is 2. The molecule has 164 valence electrons. The van der Waals surface area contributed by atoms with E-state index >= 15 is 0 Å². The molecule has 0 aromatic heterocycles. The molecule has 0 N–H and O–H groups in total. The number of nitriles is 1. The summed E-state index contributed by atoms with van der Waals surface area (Å²) < 4.78 is 29.7. The standard InChI is InChI=1S/C24H26FNO5/c1-3-17(2)23(27)30-14-6-4-5-13-29-20-10-8-19(9-11-20)24(28)31-22-12-7-18(16-26)15-21(22)25/h7-12,15,17H,3-6,13-14H2,1-2H3. The summed E-state index contributed by atoms with van der Waals surface area (Å²) in [7, 11) is 0. The summed E-state index contributed by atoms with van der Waals surface area (Å²) in [5, 5.41) is 8.75. The molecule has 2 aromatic carbocycles. The second-order valence-electron chi connectivity index (χ2n) is 7.06. The Labute approximate surface area is 181 Å². The van der Waals surface area contributed by atoms with Gasteiger partial charge in [0.25, 0.3) is 0 Å². The van der Waals surface area contributed by atoms with Crippen molar-refractivity contribution in [1.82, 2.24) is 0 Å². The molecule has 0 saturated heterocycles. The van der Waals surface area contributed by atoms with Crippen molar-refractivity contribution in [2.24, 2.45) is 5.92 Å². The van der Waals surface area contributed by atoms with Crippen molar-refractivity contribution in [3.8, 4) is 17.6 Å². The highest BCUT2D eigenvalue weighted by Crippen LogP contribution is 2.20. The van der Waals surface area contributed by atoms with Gasteiger partial charge in [0.15, 0.2) is 11.6 Å². The molecule has 7 heteroatoms. The minimum atomic E-state index is -0.776. The first-order valence-corrected chi connectivity index (χ1v) is 10.3. The predicted molar refractivity (Wildman–Crippen MR) is 112 cm³/mol. The van der Waals surface area contributed by atoms with E-state index in [9.17, 15) is 14.0 Å². The van der Waals surface area contributed by atoms with Gasteiger partial charge in [0.1, 0.15) is 5.75 Å². The maximum Gasteiger partial charge on any atom is 0.343 e. The first kappa shape index (κ1) is 23.9. The van der Waals surface area contributed by atoms with E-state index < -0.39 is 11.8 Å². The Morgan fingerprint density at radius 1 is 1.06 bits per heavy atom. The summed E-state index contributed by atoms with van der Waals surface area (Å²) in [6.07, 6.45) is 3.23. The molecule has 2 aromatic rings. The van der Waals surface area contributed by atoms with Crippen LogP contribution in [0.3, 0.4) is 0 Å². The van der Waals surface area contributed by atoms with E-state index in [0.29, 0.717) is 19.0 Å². The lowest BCUT2D eigenvalue weighted by Gasteiger charge is -2.10. The van der Waals surface area contributed by atoms with E-state index in [1.807, 2.05) is 19.9 Å². The molecule has 0 aliphatic rings. The van der Waals surface area contributed by atoms with E-state index in [1.54, 1.807) is 12.1 Å². The lowest BCUT2D eigenvalue weighted by Crippen LogP contribution is -2.14. The molecule has 0 aliphatic heterocycles. The van der Waals surface area contributed by atoms with Gasteiger partial charge in [-0.25, -0.2) is 9.18 Å². The third kappa shape index (κ3) is 7.74. The zero-order valence-corrected chi connectivity index (χ0v) is 17.7. The molecule has 6 nitrogen and oxygen atoms in total. The normalized spacial score (nSPS) is 11.3. The van der Waals surface area contributed by atoms with Crippen LogP contribution in [0, 0.1) is 23.1 Å². The van der Waals surface area contributed by atoms with E-state index in [-0.39, 0.29) is 28.8 Å². The minimum absolute atomic E-state index is 0.0632. The number of halogens is 1. The van der Waals surface area contributed by atoms with Gasteiger partial charge in [-0.3, -0.25) is 4.79 Å². The van der Waals surface area contributed by atoms with Gasteiger partial charge in [0.05, 0.1) is 36.3 Å². The van der Waals surface area contributed by atoms with Crippen LogP contribution in [0.25, 0.3) is 0 Å². The fourth-order valence-electron chi connectivity index (χ4n) is 2.55. The van der Waals surface area contributed by atoms with Crippen LogP contribution < -0.4 is 9.47 Å². The zero-order chi connectivity index (χ0) is 22.6. The Kier molecular flexibility index (Phi) is 9.50. The molecule has 0 saturated carbocycles. The number of carbonyl (C=O) groups is 2. The topological polar surface area (TPSA) is 85.6 Å². The van der Waals surface area contributed by atoms with Crippen molar-refractivity contribution >= 4 is 11.9 Å². The van der Waals surface area contributed by atoms with Gasteiger partial charge in [0, 0.05) is 0 Å². The van der Waals surface area contributed by atoms with Crippen LogP contribution in [-0.2, 0) is 9.53 Å². The zero-order valence-electron chi connectivity index (χ0n) is 17.7. The van der Waals surface area contributed by atoms with Crippen LogP contribution in [0.1, 0.15) is 55.5 Å². The maximum atomic E-state index is 13.8. The molecule has 0 spiro atoms. The fraction of sp³-hybridized carbons (Fsp3) is 0.375. The van der Waals surface area contributed by atoms with Crippen molar-refractivity contribution in [3.63, 3.8) is 0 Å². The lowest BCUT2D eigenvalue weighted by molar-refractivity contribution is -0.148. The van der Waals surface area contributed by atoms with Gasteiger partial charge in [-0.1, -0.05) is 13.8 Å². The van der Waals surface area contributed by atoms with Crippen LogP contribution >= 0.6 is 0 Å². The molecule has 0 fully saturated rings.